The Bertz CT molecular complexity index is 805. The molecule has 1 aromatic carbocycles. The van der Waals surface area contributed by atoms with Crippen molar-refractivity contribution < 1.29 is 9.53 Å². The van der Waals surface area contributed by atoms with Crippen LogP contribution in [0.15, 0.2) is 30.3 Å². The number of fused-ring (bicyclic) bond motifs is 1. The number of rotatable bonds is 4. The summed E-state index contributed by atoms with van der Waals surface area (Å²) in [4.78, 5) is 20.5. The summed E-state index contributed by atoms with van der Waals surface area (Å²) < 4.78 is 6.10. The number of amides is 1. The third-order valence-corrected chi connectivity index (χ3v) is 6.89. The molecule has 0 bridgehead atoms. The molecular weight excluding hydrogens is 358 g/mol. The van der Waals surface area contributed by atoms with Crippen LogP contribution in [0, 0.1) is 6.92 Å². The molecule has 1 amide bonds. The number of ether oxygens (including phenoxy) is 1. The average molecular weight is 386 g/mol. The Morgan fingerprint density at radius 1 is 1.30 bits per heavy atom. The third-order valence-electron chi connectivity index (χ3n) is 5.44. The summed E-state index contributed by atoms with van der Waals surface area (Å²) in [6, 6.07) is 11.0. The van der Waals surface area contributed by atoms with Gasteiger partial charge in [-0.3, -0.25) is 9.69 Å². The first-order chi connectivity index (χ1) is 13.0. The number of aryl methyl sites for hydroxylation is 1. The number of carbonyl (C=O) groups is 1. The Labute approximate surface area is 164 Å². The van der Waals surface area contributed by atoms with Crippen LogP contribution >= 0.6 is 11.3 Å². The van der Waals surface area contributed by atoms with E-state index in [9.17, 15) is 4.79 Å². The summed E-state index contributed by atoms with van der Waals surface area (Å²) in [5.41, 5.74) is 2.06. The molecule has 0 radical (unpaired) electrons. The van der Waals surface area contributed by atoms with Crippen molar-refractivity contribution in [2.75, 3.05) is 19.7 Å². The standard InChI is InChI=1S/C21H27N3O2S/c1-13(2)21-22-14(3)19(27-21)20(25)23-16-9-17-12-26-18(11-24(17)10-16)15-7-5-4-6-8-15/h4-8,13,16-18H,9-12H2,1-3H3,(H,23,25)/t16-,17-,18+/m0/s1. The van der Waals surface area contributed by atoms with E-state index in [-0.39, 0.29) is 18.1 Å². The maximum atomic E-state index is 12.8. The van der Waals surface area contributed by atoms with Gasteiger partial charge in [0.15, 0.2) is 0 Å². The second-order valence-electron chi connectivity index (χ2n) is 7.87. The Morgan fingerprint density at radius 2 is 2.07 bits per heavy atom. The number of morpholine rings is 1. The maximum absolute atomic E-state index is 12.8. The predicted molar refractivity (Wildman–Crippen MR) is 107 cm³/mol. The molecule has 2 saturated heterocycles. The lowest BCUT2D eigenvalue weighted by Gasteiger charge is -2.35. The lowest BCUT2D eigenvalue weighted by molar-refractivity contribution is -0.0502. The van der Waals surface area contributed by atoms with Gasteiger partial charge in [-0.25, -0.2) is 4.98 Å². The zero-order valence-corrected chi connectivity index (χ0v) is 17.0. The van der Waals surface area contributed by atoms with Crippen molar-refractivity contribution >= 4 is 17.2 Å². The zero-order valence-electron chi connectivity index (χ0n) is 16.1. The van der Waals surface area contributed by atoms with Gasteiger partial charge in [-0.1, -0.05) is 44.2 Å². The van der Waals surface area contributed by atoms with Gasteiger partial charge in [-0.15, -0.1) is 11.3 Å². The minimum atomic E-state index is 0.0160. The van der Waals surface area contributed by atoms with E-state index in [1.54, 1.807) is 0 Å². The lowest BCUT2D eigenvalue weighted by atomic mass is 10.1. The van der Waals surface area contributed by atoms with Gasteiger partial charge in [0, 0.05) is 31.1 Å². The summed E-state index contributed by atoms with van der Waals surface area (Å²) in [6.07, 6.45) is 1.07. The normalized spacial score (nSPS) is 25.6. The van der Waals surface area contributed by atoms with E-state index >= 15 is 0 Å². The molecular formula is C21H27N3O2S. The van der Waals surface area contributed by atoms with Crippen molar-refractivity contribution in [2.45, 2.75) is 51.3 Å². The van der Waals surface area contributed by atoms with Crippen molar-refractivity contribution in [1.29, 1.82) is 0 Å². The van der Waals surface area contributed by atoms with Gasteiger partial charge in [-0.2, -0.15) is 0 Å². The highest BCUT2D eigenvalue weighted by molar-refractivity contribution is 7.13. The molecule has 3 heterocycles. The summed E-state index contributed by atoms with van der Waals surface area (Å²) in [7, 11) is 0. The number of aromatic nitrogens is 1. The van der Waals surface area contributed by atoms with Crippen molar-refractivity contribution in [1.82, 2.24) is 15.2 Å². The van der Waals surface area contributed by atoms with Crippen LogP contribution in [0.5, 0.6) is 0 Å². The minimum absolute atomic E-state index is 0.0160. The lowest BCUT2D eigenvalue weighted by Crippen LogP contribution is -2.43. The molecule has 3 atom stereocenters. The summed E-state index contributed by atoms with van der Waals surface area (Å²) in [5, 5.41) is 4.26. The smallest absolute Gasteiger partial charge is 0.263 e. The molecule has 0 saturated carbocycles. The third kappa shape index (κ3) is 3.93. The molecule has 1 aromatic heterocycles. The number of hydrogen-bond acceptors (Lipinski definition) is 5. The number of carbonyl (C=O) groups excluding carboxylic acids is 1. The van der Waals surface area contributed by atoms with Crippen molar-refractivity contribution in [3.05, 3.63) is 51.5 Å². The number of nitrogens with zero attached hydrogens (tertiary/aromatic N) is 2. The first kappa shape index (κ1) is 18.6. The maximum Gasteiger partial charge on any atom is 0.263 e. The van der Waals surface area contributed by atoms with Gasteiger partial charge >= 0.3 is 0 Å². The van der Waals surface area contributed by atoms with E-state index in [2.05, 4.69) is 53.3 Å². The van der Waals surface area contributed by atoms with Crippen molar-refractivity contribution in [3.63, 3.8) is 0 Å². The first-order valence-electron chi connectivity index (χ1n) is 9.70. The van der Waals surface area contributed by atoms with Gasteiger partial charge in [0.1, 0.15) is 4.88 Å². The van der Waals surface area contributed by atoms with Crippen molar-refractivity contribution in [2.24, 2.45) is 0 Å². The number of thiazole rings is 1. The van der Waals surface area contributed by atoms with Gasteiger partial charge < -0.3 is 10.1 Å². The molecule has 0 aliphatic carbocycles. The molecule has 6 heteroatoms. The van der Waals surface area contributed by atoms with E-state index < -0.39 is 0 Å². The Hall–Kier alpha value is -1.76. The van der Waals surface area contributed by atoms with Crippen LogP contribution in [0.1, 0.15) is 58.2 Å². The molecule has 5 nitrogen and oxygen atoms in total. The minimum Gasteiger partial charge on any atom is -0.371 e. The molecule has 2 fully saturated rings. The number of benzene rings is 1. The Kier molecular flexibility index (Phi) is 5.30. The van der Waals surface area contributed by atoms with E-state index in [1.165, 1.54) is 16.9 Å². The SMILES string of the molecule is Cc1nc(C(C)C)sc1C(=O)N[C@H]1C[C@H]2CO[C@@H](c3ccccc3)CN2C1. The fourth-order valence-corrected chi connectivity index (χ4v) is 4.95. The Morgan fingerprint density at radius 3 is 2.78 bits per heavy atom. The number of hydrogen-bond donors (Lipinski definition) is 1. The Balaban J connectivity index is 1.38. The van der Waals surface area contributed by atoms with Gasteiger partial charge in [0.05, 0.1) is 23.4 Å². The van der Waals surface area contributed by atoms with E-state index in [0.717, 1.165) is 41.7 Å². The predicted octanol–water partition coefficient (Wildman–Crippen LogP) is 3.52. The van der Waals surface area contributed by atoms with Gasteiger partial charge in [0.2, 0.25) is 0 Å². The van der Waals surface area contributed by atoms with Crippen LogP contribution in [0.25, 0.3) is 0 Å². The average Bonchev–Trinajstić information content (AvgIpc) is 3.24. The first-order valence-corrected chi connectivity index (χ1v) is 10.5. The molecule has 2 aliphatic heterocycles. The summed E-state index contributed by atoms with van der Waals surface area (Å²) in [5.74, 6) is 0.366. The summed E-state index contributed by atoms with van der Waals surface area (Å²) >= 11 is 1.52. The van der Waals surface area contributed by atoms with Crippen LogP contribution in [0.2, 0.25) is 0 Å². The molecule has 0 unspecified atom stereocenters. The van der Waals surface area contributed by atoms with E-state index in [1.807, 2.05) is 13.0 Å². The fourth-order valence-electron chi connectivity index (χ4n) is 3.97. The van der Waals surface area contributed by atoms with Crippen LogP contribution in [-0.4, -0.2) is 47.6 Å². The topological polar surface area (TPSA) is 54.5 Å². The number of nitrogens with one attached hydrogen (secondary N) is 1. The van der Waals surface area contributed by atoms with Crippen LogP contribution in [0.3, 0.4) is 0 Å². The van der Waals surface area contributed by atoms with E-state index in [4.69, 9.17) is 4.74 Å². The molecule has 0 spiro atoms. The summed E-state index contributed by atoms with van der Waals surface area (Å²) in [6.45, 7) is 8.64. The highest BCUT2D eigenvalue weighted by Crippen LogP contribution is 2.31. The van der Waals surface area contributed by atoms with E-state index in [0.29, 0.717) is 12.0 Å². The fraction of sp³-hybridized carbons (Fsp3) is 0.524. The van der Waals surface area contributed by atoms with Gasteiger partial charge in [-0.05, 0) is 18.9 Å². The van der Waals surface area contributed by atoms with Crippen molar-refractivity contribution in [3.8, 4) is 0 Å². The molecule has 1 N–H and O–H groups in total. The second kappa shape index (κ2) is 7.70. The van der Waals surface area contributed by atoms with Crippen LogP contribution < -0.4 is 5.32 Å². The zero-order chi connectivity index (χ0) is 19.0. The quantitative estimate of drug-likeness (QED) is 0.875. The molecule has 144 valence electrons. The van der Waals surface area contributed by atoms with Gasteiger partial charge in [0.25, 0.3) is 5.91 Å². The van der Waals surface area contributed by atoms with Crippen LogP contribution in [0.4, 0.5) is 0 Å². The molecule has 27 heavy (non-hydrogen) atoms. The molecule has 4 rings (SSSR count). The highest BCUT2D eigenvalue weighted by Gasteiger charge is 2.38. The molecule has 2 aromatic rings. The monoisotopic (exact) mass is 385 g/mol. The largest absolute Gasteiger partial charge is 0.371 e. The highest BCUT2D eigenvalue weighted by atomic mass is 32.1. The second-order valence-corrected chi connectivity index (χ2v) is 8.90. The molecule has 2 aliphatic rings. The van der Waals surface area contributed by atoms with Crippen LogP contribution in [-0.2, 0) is 4.74 Å².